The molecule has 1 amide bonds. The molecular weight excluding hydrogens is 350 g/mol. The van der Waals surface area contributed by atoms with Crippen molar-refractivity contribution in [3.8, 4) is 0 Å². The summed E-state index contributed by atoms with van der Waals surface area (Å²) in [5.74, 6) is -0.138. The number of nitrogens with one attached hydrogen (secondary N) is 1. The van der Waals surface area contributed by atoms with E-state index in [-0.39, 0.29) is 18.9 Å². The first-order valence-electron chi connectivity index (χ1n) is 8.82. The monoisotopic (exact) mass is 369 g/mol. The Morgan fingerprint density at radius 1 is 1.19 bits per heavy atom. The fourth-order valence-corrected chi connectivity index (χ4v) is 3.66. The van der Waals surface area contributed by atoms with Gasteiger partial charge in [-0.25, -0.2) is 0 Å². The van der Waals surface area contributed by atoms with Gasteiger partial charge in [0.1, 0.15) is 5.58 Å². The lowest BCUT2D eigenvalue weighted by molar-refractivity contribution is -0.120. The Bertz CT molecular complexity index is 946. The molecule has 4 rings (SSSR count). The van der Waals surface area contributed by atoms with Crippen molar-refractivity contribution in [2.24, 2.45) is 0 Å². The van der Waals surface area contributed by atoms with Crippen LogP contribution in [-0.2, 0) is 24.1 Å². The molecule has 2 N–H and O–H groups in total. The van der Waals surface area contributed by atoms with E-state index >= 15 is 0 Å². The van der Waals surface area contributed by atoms with Crippen LogP contribution in [-0.4, -0.2) is 17.6 Å². The molecule has 0 aliphatic heterocycles. The standard InChI is InChI=1S/C21H20ClNO3/c22-17-6-4-13(5-7-17)19(24)11-23-21(25)10-16-12-26-20-9-15-3-1-2-14(15)8-18(16)20/h4-9,12,19,24H,1-3,10-11H2,(H,23,25). The predicted octanol–water partition coefficient (Wildman–Crippen LogP) is 3.97. The molecule has 3 aromatic rings. The average molecular weight is 370 g/mol. The largest absolute Gasteiger partial charge is 0.464 e. The highest BCUT2D eigenvalue weighted by Gasteiger charge is 2.17. The number of hydrogen-bond donors (Lipinski definition) is 2. The number of aliphatic hydroxyl groups excluding tert-OH is 1. The van der Waals surface area contributed by atoms with Gasteiger partial charge in [0, 0.05) is 22.5 Å². The number of hydrogen-bond acceptors (Lipinski definition) is 3. The van der Waals surface area contributed by atoms with Gasteiger partial charge in [-0.2, -0.15) is 0 Å². The minimum Gasteiger partial charge on any atom is -0.464 e. The van der Waals surface area contributed by atoms with E-state index in [0.717, 1.165) is 34.9 Å². The number of benzene rings is 2. The summed E-state index contributed by atoms with van der Waals surface area (Å²) in [7, 11) is 0. The van der Waals surface area contributed by atoms with E-state index in [9.17, 15) is 9.90 Å². The molecule has 0 fully saturated rings. The van der Waals surface area contributed by atoms with E-state index in [1.54, 1.807) is 30.5 Å². The summed E-state index contributed by atoms with van der Waals surface area (Å²) in [5, 5.41) is 14.6. The Hall–Kier alpha value is -2.30. The first-order valence-corrected chi connectivity index (χ1v) is 9.20. The molecule has 1 unspecified atom stereocenters. The average Bonchev–Trinajstić information content (AvgIpc) is 3.25. The molecule has 0 spiro atoms. The summed E-state index contributed by atoms with van der Waals surface area (Å²) in [5.41, 5.74) is 5.16. The van der Waals surface area contributed by atoms with Crippen LogP contribution in [0, 0.1) is 0 Å². The molecule has 0 bridgehead atoms. The maximum atomic E-state index is 12.3. The maximum Gasteiger partial charge on any atom is 0.224 e. The van der Waals surface area contributed by atoms with Crippen LogP contribution in [0.5, 0.6) is 0 Å². The Morgan fingerprint density at radius 3 is 2.69 bits per heavy atom. The van der Waals surface area contributed by atoms with Gasteiger partial charge < -0.3 is 14.8 Å². The van der Waals surface area contributed by atoms with Crippen molar-refractivity contribution >= 4 is 28.5 Å². The molecule has 4 nitrogen and oxygen atoms in total. The molecule has 26 heavy (non-hydrogen) atoms. The van der Waals surface area contributed by atoms with Gasteiger partial charge in [0.25, 0.3) is 0 Å². The Labute approximate surface area is 156 Å². The normalized spacial score (nSPS) is 14.4. The minimum absolute atomic E-state index is 0.138. The third-order valence-electron chi connectivity index (χ3n) is 4.97. The molecular formula is C21H20ClNO3. The number of aliphatic hydroxyl groups is 1. The van der Waals surface area contributed by atoms with Crippen molar-refractivity contribution in [2.75, 3.05) is 6.54 Å². The molecule has 134 valence electrons. The molecule has 1 heterocycles. The first kappa shape index (κ1) is 17.1. The smallest absolute Gasteiger partial charge is 0.224 e. The van der Waals surface area contributed by atoms with E-state index in [2.05, 4.69) is 17.4 Å². The summed E-state index contributed by atoms with van der Waals surface area (Å²) in [6.07, 6.45) is 4.51. The topological polar surface area (TPSA) is 62.5 Å². The third-order valence-corrected chi connectivity index (χ3v) is 5.22. The van der Waals surface area contributed by atoms with Gasteiger partial charge >= 0.3 is 0 Å². The lowest BCUT2D eigenvalue weighted by Crippen LogP contribution is -2.29. The highest BCUT2D eigenvalue weighted by molar-refractivity contribution is 6.30. The zero-order chi connectivity index (χ0) is 18.1. The molecule has 5 heteroatoms. The second kappa shape index (κ2) is 7.14. The maximum absolute atomic E-state index is 12.3. The summed E-state index contributed by atoms with van der Waals surface area (Å²) in [6.45, 7) is 0.158. The van der Waals surface area contributed by atoms with Gasteiger partial charge in [-0.3, -0.25) is 4.79 Å². The summed E-state index contributed by atoms with van der Waals surface area (Å²) in [4.78, 5) is 12.3. The second-order valence-corrected chi connectivity index (χ2v) is 7.22. The van der Waals surface area contributed by atoms with Crippen LogP contribution in [0.4, 0.5) is 0 Å². The lowest BCUT2D eigenvalue weighted by Gasteiger charge is -2.12. The van der Waals surface area contributed by atoms with Crippen LogP contribution in [0.1, 0.15) is 34.8 Å². The Morgan fingerprint density at radius 2 is 1.92 bits per heavy atom. The van der Waals surface area contributed by atoms with Gasteiger partial charge in [0.05, 0.1) is 18.8 Å². The zero-order valence-corrected chi connectivity index (χ0v) is 15.1. The number of halogens is 1. The quantitative estimate of drug-likeness (QED) is 0.715. The minimum atomic E-state index is -0.763. The van der Waals surface area contributed by atoms with Gasteiger partial charge in [0.2, 0.25) is 5.91 Å². The highest BCUT2D eigenvalue weighted by Crippen LogP contribution is 2.30. The van der Waals surface area contributed by atoms with Gasteiger partial charge in [-0.15, -0.1) is 0 Å². The first-order chi connectivity index (χ1) is 12.6. The van der Waals surface area contributed by atoms with Crippen LogP contribution in [0.15, 0.2) is 47.1 Å². The summed E-state index contributed by atoms with van der Waals surface area (Å²) in [6, 6.07) is 11.2. The molecule has 0 radical (unpaired) electrons. The molecule has 2 aromatic carbocycles. The Balaban J connectivity index is 1.40. The van der Waals surface area contributed by atoms with Crippen LogP contribution < -0.4 is 5.32 Å². The Kier molecular flexibility index (Phi) is 4.70. The number of carbonyl (C=O) groups is 1. The van der Waals surface area contributed by atoms with E-state index in [1.165, 1.54) is 17.5 Å². The zero-order valence-electron chi connectivity index (χ0n) is 14.3. The number of fused-ring (bicyclic) bond motifs is 2. The number of furan rings is 1. The lowest BCUT2D eigenvalue weighted by atomic mass is 10.0. The van der Waals surface area contributed by atoms with Crippen molar-refractivity contribution in [1.29, 1.82) is 0 Å². The van der Waals surface area contributed by atoms with Crippen molar-refractivity contribution in [2.45, 2.75) is 31.8 Å². The van der Waals surface area contributed by atoms with Crippen molar-refractivity contribution < 1.29 is 14.3 Å². The van der Waals surface area contributed by atoms with Crippen LogP contribution in [0.2, 0.25) is 5.02 Å². The number of carbonyl (C=O) groups excluding carboxylic acids is 1. The van der Waals surface area contributed by atoms with Crippen molar-refractivity contribution in [1.82, 2.24) is 5.32 Å². The van der Waals surface area contributed by atoms with E-state index in [1.807, 2.05) is 0 Å². The van der Waals surface area contributed by atoms with Crippen LogP contribution in [0.3, 0.4) is 0 Å². The number of amides is 1. The molecule has 1 aromatic heterocycles. The van der Waals surface area contributed by atoms with Gasteiger partial charge in [0.15, 0.2) is 0 Å². The van der Waals surface area contributed by atoms with Crippen LogP contribution >= 0.6 is 11.6 Å². The highest BCUT2D eigenvalue weighted by atomic mass is 35.5. The SMILES string of the molecule is O=C(Cc1coc2cc3c(cc12)CCC3)NCC(O)c1ccc(Cl)cc1. The third kappa shape index (κ3) is 3.48. The second-order valence-electron chi connectivity index (χ2n) is 6.78. The molecule has 1 atom stereocenters. The molecule has 1 aliphatic carbocycles. The summed E-state index contributed by atoms with van der Waals surface area (Å²) >= 11 is 5.85. The van der Waals surface area contributed by atoms with Gasteiger partial charge in [-0.05, 0) is 60.2 Å². The van der Waals surface area contributed by atoms with Gasteiger partial charge in [-0.1, -0.05) is 23.7 Å². The number of rotatable bonds is 5. The van der Waals surface area contributed by atoms with Crippen LogP contribution in [0.25, 0.3) is 11.0 Å². The summed E-state index contributed by atoms with van der Waals surface area (Å²) < 4.78 is 5.64. The van der Waals surface area contributed by atoms with E-state index in [4.69, 9.17) is 16.0 Å². The fourth-order valence-electron chi connectivity index (χ4n) is 3.53. The molecule has 0 saturated carbocycles. The number of aryl methyl sites for hydroxylation is 2. The predicted molar refractivity (Wildman–Crippen MR) is 101 cm³/mol. The van der Waals surface area contributed by atoms with E-state index in [0.29, 0.717) is 5.02 Å². The molecule has 0 saturated heterocycles. The van der Waals surface area contributed by atoms with Crippen molar-refractivity contribution in [3.63, 3.8) is 0 Å². The van der Waals surface area contributed by atoms with E-state index < -0.39 is 6.10 Å². The van der Waals surface area contributed by atoms with Crippen molar-refractivity contribution in [3.05, 3.63) is 69.9 Å². The fraction of sp³-hybridized carbons (Fsp3) is 0.286. The molecule has 1 aliphatic rings.